The standard InChI is InChI=1S/C25H23N7/c1-17-13-19(4-11-27-17)22-16-29-23-21(32-22)7-12-28-24(23)30-14-18-3-8-25(2,31-15-18)20-5-9-26-10-6-20/h3-13,15-16,31H,14H2,1-2H3,(H,28,30). The Labute approximate surface area is 186 Å². The number of aryl methyl sites for hydroxylation is 1. The molecule has 7 heteroatoms. The van der Waals surface area contributed by atoms with Crippen molar-refractivity contribution < 1.29 is 0 Å². The van der Waals surface area contributed by atoms with Gasteiger partial charge in [0.2, 0.25) is 0 Å². The minimum Gasteiger partial charge on any atom is -0.378 e. The van der Waals surface area contributed by atoms with E-state index in [9.17, 15) is 0 Å². The molecule has 0 radical (unpaired) electrons. The van der Waals surface area contributed by atoms with Gasteiger partial charge in [-0.15, -0.1) is 0 Å². The Morgan fingerprint density at radius 2 is 1.84 bits per heavy atom. The largest absolute Gasteiger partial charge is 0.378 e. The first-order valence-corrected chi connectivity index (χ1v) is 10.5. The predicted octanol–water partition coefficient (Wildman–Crippen LogP) is 4.16. The molecule has 0 bridgehead atoms. The van der Waals surface area contributed by atoms with Crippen molar-refractivity contribution >= 4 is 16.9 Å². The van der Waals surface area contributed by atoms with Gasteiger partial charge in [0.15, 0.2) is 5.82 Å². The van der Waals surface area contributed by atoms with Crippen molar-refractivity contribution in [3.05, 3.63) is 96.5 Å². The second-order valence-electron chi connectivity index (χ2n) is 7.96. The third-order valence-electron chi connectivity index (χ3n) is 5.58. The van der Waals surface area contributed by atoms with Crippen molar-refractivity contribution in [2.45, 2.75) is 19.4 Å². The maximum atomic E-state index is 4.78. The van der Waals surface area contributed by atoms with Crippen molar-refractivity contribution in [2.75, 3.05) is 11.9 Å². The number of aromatic nitrogens is 5. The maximum absolute atomic E-state index is 4.78. The van der Waals surface area contributed by atoms with E-state index in [0.29, 0.717) is 12.4 Å². The number of hydrogen-bond donors (Lipinski definition) is 2. The summed E-state index contributed by atoms with van der Waals surface area (Å²) in [6.45, 7) is 4.73. The Morgan fingerprint density at radius 3 is 2.62 bits per heavy atom. The van der Waals surface area contributed by atoms with Crippen LogP contribution in [0.1, 0.15) is 18.2 Å². The van der Waals surface area contributed by atoms with Crippen LogP contribution in [0.3, 0.4) is 0 Å². The van der Waals surface area contributed by atoms with E-state index in [0.717, 1.165) is 39.1 Å². The van der Waals surface area contributed by atoms with Gasteiger partial charge in [0.25, 0.3) is 0 Å². The molecule has 7 nitrogen and oxygen atoms in total. The van der Waals surface area contributed by atoms with Gasteiger partial charge in [0.05, 0.1) is 22.9 Å². The summed E-state index contributed by atoms with van der Waals surface area (Å²) in [4.78, 5) is 22.3. The van der Waals surface area contributed by atoms with Crippen molar-refractivity contribution in [3.63, 3.8) is 0 Å². The normalized spacial score (nSPS) is 17.6. The van der Waals surface area contributed by atoms with Crippen LogP contribution in [-0.2, 0) is 5.54 Å². The number of nitrogens with one attached hydrogen (secondary N) is 2. The fourth-order valence-corrected chi connectivity index (χ4v) is 3.70. The Kier molecular flexibility index (Phi) is 5.07. The van der Waals surface area contributed by atoms with E-state index in [1.54, 1.807) is 18.6 Å². The lowest BCUT2D eigenvalue weighted by molar-refractivity contribution is 0.519. The monoisotopic (exact) mass is 421 g/mol. The molecule has 1 unspecified atom stereocenters. The molecule has 0 spiro atoms. The maximum Gasteiger partial charge on any atom is 0.154 e. The van der Waals surface area contributed by atoms with E-state index >= 15 is 0 Å². The highest BCUT2D eigenvalue weighted by Crippen LogP contribution is 2.26. The van der Waals surface area contributed by atoms with Crippen LogP contribution in [-0.4, -0.2) is 31.5 Å². The van der Waals surface area contributed by atoms with Crippen LogP contribution in [0, 0.1) is 6.92 Å². The number of hydrogen-bond acceptors (Lipinski definition) is 7. The van der Waals surface area contributed by atoms with Gasteiger partial charge in [0.1, 0.15) is 5.52 Å². The summed E-state index contributed by atoms with van der Waals surface area (Å²) in [5.41, 5.74) is 6.34. The molecule has 0 saturated heterocycles. The van der Waals surface area contributed by atoms with Crippen LogP contribution >= 0.6 is 0 Å². The zero-order valence-corrected chi connectivity index (χ0v) is 17.9. The predicted molar refractivity (Wildman–Crippen MR) is 126 cm³/mol. The molecule has 4 aromatic rings. The first-order valence-electron chi connectivity index (χ1n) is 10.5. The molecule has 0 fully saturated rings. The third-order valence-corrected chi connectivity index (χ3v) is 5.58. The van der Waals surface area contributed by atoms with Crippen LogP contribution in [0.25, 0.3) is 22.3 Å². The Bertz CT molecular complexity index is 1330. The first kappa shape index (κ1) is 19.8. The van der Waals surface area contributed by atoms with Crippen molar-refractivity contribution in [1.29, 1.82) is 0 Å². The topological polar surface area (TPSA) is 88.5 Å². The molecule has 1 aliphatic heterocycles. The highest BCUT2D eigenvalue weighted by atomic mass is 15.0. The summed E-state index contributed by atoms with van der Waals surface area (Å²) in [6.07, 6.45) is 15.3. The molecule has 4 aromatic heterocycles. The third kappa shape index (κ3) is 3.92. The van der Waals surface area contributed by atoms with Gasteiger partial charge in [-0.05, 0) is 55.3 Å². The van der Waals surface area contributed by atoms with E-state index < -0.39 is 0 Å². The van der Waals surface area contributed by atoms with Gasteiger partial charge in [0, 0.05) is 48.8 Å². The number of dihydropyridines is 1. The fourth-order valence-electron chi connectivity index (χ4n) is 3.70. The molecule has 0 saturated carbocycles. The molecular weight excluding hydrogens is 398 g/mol. The zero-order valence-electron chi connectivity index (χ0n) is 17.9. The molecule has 32 heavy (non-hydrogen) atoms. The molecule has 5 heterocycles. The van der Waals surface area contributed by atoms with Crippen LogP contribution in [0.4, 0.5) is 5.82 Å². The second kappa shape index (κ2) is 8.19. The molecule has 1 atom stereocenters. The lowest BCUT2D eigenvalue weighted by Gasteiger charge is -2.30. The number of nitrogens with zero attached hydrogens (tertiary/aromatic N) is 5. The highest BCUT2D eigenvalue weighted by molar-refractivity contribution is 5.86. The molecule has 158 valence electrons. The summed E-state index contributed by atoms with van der Waals surface area (Å²) in [5, 5.41) is 6.90. The van der Waals surface area contributed by atoms with E-state index in [2.05, 4.69) is 49.6 Å². The Morgan fingerprint density at radius 1 is 1.00 bits per heavy atom. The number of fused-ring (bicyclic) bond motifs is 1. The summed E-state index contributed by atoms with van der Waals surface area (Å²) in [6, 6.07) is 9.87. The van der Waals surface area contributed by atoms with Gasteiger partial charge in [-0.25, -0.2) is 15.0 Å². The van der Waals surface area contributed by atoms with Crippen LogP contribution in [0.5, 0.6) is 0 Å². The average molecular weight is 422 g/mol. The Balaban J connectivity index is 1.32. The number of pyridine rings is 3. The van der Waals surface area contributed by atoms with Crippen molar-refractivity contribution in [1.82, 2.24) is 30.2 Å². The lowest BCUT2D eigenvalue weighted by Crippen LogP contribution is -2.36. The van der Waals surface area contributed by atoms with Gasteiger partial charge in [-0.2, -0.15) is 0 Å². The minimum absolute atomic E-state index is 0.253. The summed E-state index contributed by atoms with van der Waals surface area (Å²) >= 11 is 0. The zero-order chi connectivity index (χ0) is 22.0. The van der Waals surface area contributed by atoms with E-state index in [4.69, 9.17) is 4.98 Å². The fraction of sp³-hybridized carbons (Fsp3) is 0.160. The molecule has 5 rings (SSSR count). The molecule has 0 aromatic carbocycles. The van der Waals surface area contributed by atoms with Crippen molar-refractivity contribution in [3.8, 4) is 11.3 Å². The molecule has 0 aliphatic carbocycles. The summed E-state index contributed by atoms with van der Waals surface area (Å²) in [7, 11) is 0. The van der Waals surface area contributed by atoms with E-state index in [1.165, 1.54) is 0 Å². The number of anilines is 1. The SMILES string of the molecule is Cc1cc(-c2cnc3c(NCC4=CNC(C)(c5ccncc5)C=C4)nccc3n2)ccn1. The smallest absolute Gasteiger partial charge is 0.154 e. The second-order valence-corrected chi connectivity index (χ2v) is 7.96. The minimum atomic E-state index is -0.253. The van der Waals surface area contributed by atoms with Gasteiger partial charge in [-0.1, -0.05) is 12.2 Å². The molecule has 2 N–H and O–H groups in total. The Hall–Kier alpha value is -4.13. The van der Waals surface area contributed by atoms with Crippen LogP contribution in [0.2, 0.25) is 0 Å². The quantitative estimate of drug-likeness (QED) is 0.500. The molecule has 1 aliphatic rings. The van der Waals surface area contributed by atoms with Crippen molar-refractivity contribution in [2.24, 2.45) is 0 Å². The highest BCUT2D eigenvalue weighted by Gasteiger charge is 2.24. The lowest BCUT2D eigenvalue weighted by atomic mass is 9.90. The van der Waals surface area contributed by atoms with E-state index in [1.807, 2.05) is 55.8 Å². The molecule has 0 amide bonds. The van der Waals surface area contributed by atoms with Gasteiger partial charge >= 0.3 is 0 Å². The molecular formula is C25H23N7. The summed E-state index contributed by atoms with van der Waals surface area (Å²) < 4.78 is 0. The number of rotatable bonds is 5. The average Bonchev–Trinajstić information content (AvgIpc) is 2.84. The first-order chi connectivity index (χ1) is 15.6. The van der Waals surface area contributed by atoms with Gasteiger partial charge in [-0.3, -0.25) is 9.97 Å². The van der Waals surface area contributed by atoms with Crippen LogP contribution < -0.4 is 10.6 Å². The van der Waals surface area contributed by atoms with Crippen LogP contribution in [0.15, 0.2) is 85.2 Å². The van der Waals surface area contributed by atoms with E-state index in [-0.39, 0.29) is 5.54 Å². The summed E-state index contributed by atoms with van der Waals surface area (Å²) in [5.74, 6) is 0.712. The van der Waals surface area contributed by atoms with Gasteiger partial charge < -0.3 is 10.6 Å².